The molecule has 0 amide bonds. The second-order valence-corrected chi connectivity index (χ2v) is 7.23. The fraction of sp³-hybridized carbons (Fsp3) is 0.462. The fourth-order valence-electron chi connectivity index (χ4n) is 2.13. The topological polar surface area (TPSA) is 64.0 Å². The van der Waals surface area contributed by atoms with Gasteiger partial charge in [0.15, 0.2) is 0 Å². The van der Waals surface area contributed by atoms with Crippen LogP contribution in [0.15, 0.2) is 24.3 Å². The highest BCUT2D eigenvalue weighted by Crippen LogP contribution is 2.24. The molecule has 1 atom stereocenters. The van der Waals surface area contributed by atoms with E-state index in [-0.39, 0.29) is 5.38 Å². The molecule has 5 nitrogen and oxygen atoms in total. The van der Waals surface area contributed by atoms with E-state index in [9.17, 15) is 8.42 Å². The van der Waals surface area contributed by atoms with Gasteiger partial charge in [0.1, 0.15) is 5.82 Å². The zero-order valence-electron chi connectivity index (χ0n) is 11.5. The van der Waals surface area contributed by atoms with Crippen molar-refractivity contribution in [2.45, 2.75) is 25.3 Å². The Hall–Kier alpha value is -1.11. The quantitative estimate of drug-likeness (QED) is 0.657. The molecule has 1 aromatic carbocycles. The lowest BCUT2D eigenvalue weighted by Gasteiger charge is -2.10. The maximum absolute atomic E-state index is 11.0. The van der Waals surface area contributed by atoms with Crippen molar-refractivity contribution in [3.8, 4) is 0 Å². The lowest BCUT2D eigenvalue weighted by atomic mass is 10.3. The van der Waals surface area contributed by atoms with Gasteiger partial charge in [-0.1, -0.05) is 12.1 Å². The van der Waals surface area contributed by atoms with Crippen LogP contribution in [0.1, 0.15) is 24.5 Å². The first-order valence-electron chi connectivity index (χ1n) is 6.42. The molecule has 0 aliphatic rings. The van der Waals surface area contributed by atoms with Crippen LogP contribution in [-0.2, 0) is 16.6 Å². The molecule has 0 fully saturated rings. The number of hydrogen-bond donors (Lipinski definition) is 1. The molecule has 0 bridgehead atoms. The SMILES string of the molecule is CC(Cl)c1nc2ccccc2n1CCCNS(C)(=O)=O. The monoisotopic (exact) mass is 315 g/mol. The summed E-state index contributed by atoms with van der Waals surface area (Å²) in [4.78, 5) is 4.53. The van der Waals surface area contributed by atoms with Gasteiger partial charge in [0.05, 0.1) is 22.7 Å². The Balaban J connectivity index is 2.17. The minimum absolute atomic E-state index is 0.190. The van der Waals surface area contributed by atoms with Crippen LogP contribution < -0.4 is 4.72 Å². The summed E-state index contributed by atoms with van der Waals surface area (Å²) in [5.74, 6) is 0.812. The normalized spacial score (nSPS) is 13.8. The highest BCUT2D eigenvalue weighted by molar-refractivity contribution is 7.88. The van der Waals surface area contributed by atoms with Crippen LogP contribution in [0.5, 0.6) is 0 Å². The van der Waals surface area contributed by atoms with E-state index < -0.39 is 10.0 Å². The van der Waals surface area contributed by atoms with Crippen LogP contribution in [0.3, 0.4) is 0 Å². The molecule has 1 heterocycles. The maximum Gasteiger partial charge on any atom is 0.208 e. The van der Waals surface area contributed by atoms with Crippen LogP contribution in [0.25, 0.3) is 11.0 Å². The summed E-state index contributed by atoms with van der Waals surface area (Å²) in [6.07, 6.45) is 1.84. The Morgan fingerprint density at radius 1 is 1.40 bits per heavy atom. The van der Waals surface area contributed by atoms with Crippen LogP contribution >= 0.6 is 11.6 Å². The summed E-state index contributed by atoms with van der Waals surface area (Å²) >= 11 is 6.17. The van der Waals surface area contributed by atoms with Crippen LogP contribution in [0.4, 0.5) is 0 Å². The van der Waals surface area contributed by atoms with E-state index in [1.807, 2.05) is 31.2 Å². The summed E-state index contributed by atoms with van der Waals surface area (Å²) in [7, 11) is -3.14. The van der Waals surface area contributed by atoms with Crippen molar-refractivity contribution in [3.63, 3.8) is 0 Å². The second kappa shape index (κ2) is 6.11. The van der Waals surface area contributed by atoms with Crippen molar-refractivity contribution in [1.29, 1.82) is 0 Å². The van der Waals surface area contributed by atoms with Gasteiger partial charge in [0.25, 0.3) is 0 Å². The van der Waals surface area contributed by atoms with E-state index in [1.165, 1.54) is 0 Å². The summed E-state index contributed by atoms with van der Waals surface area (Å²) in [6.45, 7) is 2.96. The molecule has 0 saturated carbocycles. The van der Waals surface area contributed by atoms with Crippen molar-refractivity contribution in [2.24, 2.45) is 0 Å². The van der Waals surface area contributed by atoms with Crippen molar-refractivity contribution in [2.75, 3.05) is 12.8 Å². The number of rotatable bonds is 6. The molecule has 0 saturated heterocycles. The number of aryl methyl sites for hydroxylation is 1. The molecule has 2 rings (SSSR count). The van der Waals surface area contributed by atoms with E-state index in [4.69, 9.17) is 11.6 Å². The Labute approximate surface area is 124 Å². The number of fused-ring (bicyclic) bond motifs is 1. The molecular weight excluding hydrogens is 298 g/mol. The molecule has 110 valence electrons. The van der Waals surface area contributed by atoms with Crippen LogP contribution in [0, 0.1) is 0 Å². The summed E-state index contributed by atoms with van der Waals surface area (Å²) < 4.78 is 26.6. The highest BCUT2D eigenvalue weighted by atomic mass is 35.5. The van der Waals surface area contributed by atoms with Gasteiger partial charge in [0.2, 0.25) is 10.0 Å². The Kier molecular flexibility index (Phi) is 4.67. The number of alkyl halides is 1. The third kappa shape index (κ3) is 3.71. The minimum Gasteiger partial charge on any atom is -0.327 e. The molecule has 20 heavy (non-hydrogen) atoms. The molecule has 0 spiro atoms. The summed E-state index contributed by atoms with van der Waals surface area (Å²) in [6, 6.07) is 7.84. The summed E-state index contributed by atoms with van der Waals surface area (Å²) in [5, 5.41) is -0.190. The van der Waals surface area contributed by atoms with Crippen molar-refractivity contribution >= 4 is 32.7 Å². The number of nitrogens with one attached hydrogen (secondary N) is 1. The molecule has 7 heteroatoms. The molecule has 1 unspecified atom stereocenters. The predicted octanol–water partition coefficient (Wildman–Crippen LogP) is 2.28. The Morgan fingerprint density at radius 3 is 2.75 bits per heavy atom. The Bertz CT molecular complexity index is 695. The van der Waals surface area contributed by atoms with Gasteiger partial charge in [-0.2, -0.15) is 0 Å². The van der Waals surface area contributed by atoms with Gasteiger partial charge >= 0.3 is 0 Å². The Morgan fingerprint density at radius 2 is 2.10 bits per heavy atom. The zero-order chi connectivity index (χ0) is 14.8. The molecular formula is C13H18ClN3O2S. The number of aromatic nitrogens is 2. The molecule has 0 aliphatic carbocycles. The average Bonchev–Trinajstić information content (AvgIpc) is 2.72. The average molecular weight is 316 g/mol. The standard InChI is InChI=1S/C13H18ClN3O2S/c1-10(14)13-16-11-6-3-4-7-12(11)17(13)9-5-8-15-20(2,18)19/h3-4,6-7,10,15H,5,8-9H2,1-2H3. The molecule has 0 aliphatic heterocycles. The van der Waals surface area contributed by atoms with Crippen LogP contribution in [-0.4, -0.2) is 30.8 Å². The first kappa shape index (κ1) is 15.3. The molecule has 1 N–H and O–H groups in total. The van der Waals surface area contributed by atoms with Gasteiger partial charge in [-0.15, -0.1) is 11.6 Å². The van der Waals surface area contributed by atoms with Gasteiger partial charge in [0, 0.05) is 13.1 Å². The largest absolute Gasteiger partial charge is 0.327 e. The van der Waals surface area contributed by atoms with Crippen molar-refractivity contribution in [1.82, 2.24) is 14.3 Å². The van der Waals surface area contributed by atoms with Gasteiger partial charge in [-0.3, -0.25) is 0 Å². The molecule has 2 aromatic rings. The minimum atomic E-state index is -3.14. The predicted molar refractivity (Wildman–Crippen MR) is 81.5 cm³/mol. The second-order valence-electron chi connectivity index (χ2n) is 4.75. The number of imidazole rings is 1. The first-order valence-corrected chi connectivity index (χ1v) is 8.75. The van der Waals surface area contributed by atoms with Gasteiger partial charge in [-0.25, -0.2) is 18.1 Å². The number of sulfonamides is 1. The maximum atomic E-state index is 11.0. The number of halogens is 1. The van der Waals surface area contributed by atoms with Gasteiger partial charge < -0.3 is 4.57 Å². The number of hydrogen-bond acceptors (Lipinski definition) is 3. The number of nitrogens with zero attached hydrogens (tertiary/aromatic N) is 2. The summed E-state index contributed by atoms with van der Waals surface area (Å²) in [5.41, 5.74) is 1.93. The third-order valence-corrected chi connectivity index (χ3v) is 3.89. The van der Waals surface area contributed by atoms with E-state index in [0.29, 0.717) is 19.5 Å². The zero-order valence-corrected chi connectivity index (χ0v) is 13.1. The molecule has 0 radical (unpaired) electrons. The number of benzene rings is 1. The smallest absolute Gasteiger partial charge is 0.208 e. The van der Waals surface area contributed by atoms with E-state index in [1.54, 1.807) is 0 Å². The fourth-order valence-corrected chi connectivity index (χ4v) is 2.81. The molecule has 1 aromatic heterocycles. The third-order valence-electron chi connectivity index (χ3n) is 2.96. The highest BCUT2D eigenvalue weighted by Gasteiger charge is 2.14. The number of para-hydroxylation sites is 2. The first-order chi connectivity index (χ1) is 9.38. The van der Waals surface area contributed by atoms with Gasteiger partial charge in [-0.05, 0) is 25.5 Å². The van der Waals surface area contributed by atoms with E-state index >= 15 is 0 Å². The van der Waals surface area contributed by atoms with E-state index in [0.717, 1.165) is 23.1 Å². The lowest BCUT2D eigenvalue weighted by molar-refractivity contribution is 0.573. The lowest BCUT2D eigenvalue weighted by Crippen LogP contribution is -2.24. The van der Waals surface area contributed by atoms with Crippen molar-refractivity contribution < 1.29 is 8.42 Å². The van der Waals surface area contributed by atoms with Crippen LogP contribution in [0.2, 0.25) is 0 Å². The van der Waals surface area contributed by atoms with Crippen molar-refractivity contribution in [3.05, 3.63) is 30.1 Å². The van der Waals surface area contributed by atoms with E-state index in [2.05, 4.69) is 14.3 Å².